The molecule has 5 nitrogen and oxygen atoms in total. The van der Waals surface area contributed by atoms with Crippen molar-refractivity contribution in [2.45, 2.75) is 52.2 Å². The van der Waals surface area contributed by atoms with Gasteiger partial charge in [-0.1, -0.05) is 6.92 Å². The summed E-state index contributed by atoms with van der Waals surface area (Å²) in [6.45, 7) is 10.0. The highest BCUT2D eigenvalue weighted by Crippen LogP contribution is 2.33. The van der Waals surface area contributed by atoms with E-state index in [0.717, 1.165) is 25.5 Å². The van der Waals surface area contributed by atoms with E-state index in [2.05, 4.69) is 42.5 Å². The largest absolute Gasteiger partial charge is 0.388 e. The minimum Gasteiger partial charge on any atom is -0.388 e. The molecule has 0 radical (unpaired) electrons. The molecule has 1 fully saturated rings. The van der Waals surface area contributed by atoms with Gasteiger partial charge in [0.15, 0.2) is 5.82 Å². The molecule has 18 heavy (non-hydrogen) atoms. The van der Waals surface area contributed by atoms with Gasteiger partial charge in [0.25, 0.3) is 0 Å². The summed E-state index contributed by atoms with van der Waals surface area (Å²) in [6.07, 6.45) is 0.973. The molecule has 1 aromatic heterocycles. The zero-order valence-electron chi connectivity index (χ0n) is 11.7. The van der Waals surface area contributed by atoms with Crippen LogP contribution in [0.15, 0.2) is 0 Å². The Morgan fingerprint density at radius 2 is 2.11 bits per heavy atom. The minimum atomic E-state index is -0.116. The molecule has 2 unspecified atom stereocenters. The zero-order chi connectivity index (χ0) is 13.3. The average Bonchev–Trinajstić information content (AvgIpc) is 2.73. The molecule has 1 saturated heterocycles. The Bertz CT molecular complexity index is 409. The molecular weight excluding hydrogens is 230 g/mol. The fraction of sp³-hybridized carbons (Fsp3) is 0.846. The molecule has 0 saturated carbocycles. The number of hydrogen-bond acceptors (Lipinski definition) is 4. The van der Waals surface area contributed by atoms with Crippen molar-refractivity contribution in [2.24, 2.45) is 5.92 Å². The van der Waals surface area contributed by atoms with Crippen LogP contribution in [0.4, 0.5) is 0 Å². The Balaban J connectivity index is 2.41. The van der Waals surface area contributed by atoms with Crippen LogP contribution in [-0.4, -0.2) is 33.1 Å². The van der Waals surface area contributed by atoms with Gasteiger partial charge < -0.3 is 14.4 Å². The van der Waals surface area contributed by atoms with E-state index < -0.39 is 0 Å². The minimum absolute atomic E-state index is 0.0676. The van der Waals surface area contributed by atoms with Crippen LogP contribution in [0.1, 0.15) is 51.7 Å². The van der Waals surface area contributed by atoms with Gasteiger partial charge in [-0.15, -0.1) is 10.2 Å². The summed E-state index contributed by atoms with van der Waals surface area (Å²) in [4.78, 5) is 0. The highest BCUT2D eigenvalue weighted by Gasteiger charge is 2.32. The first-order valence-electron chi connectivity index (χ1n) is 6.58. The van der Waals surface area contributed by atoms with E-state index in [1.165, 1.54) is 0 Å². The second-order valence-electron chi connectivity index (χ2n) is 6.09. The summed E-state index contributed by atoms with van der Waals surface area (Å²) < 4.78 is 7.57. The average molecular weight is 253 g/mol. The van der Waals surface area contributed by atoms with Gasteiger partial charge in [0.2, 0.25) is 0 Å². The molecule has 0 bridgehead atoms. The predicted octanol–water partition coefficient (Wildman–Crippen LogP) is 1.67. The molecule has 2 atom stereocenters. The number of aliphatic hydroxyl groups excluding tert-OH is 1. The molecule has 0 aliphatic carbocycles. The van der Waals surface area contributed by atoms with E-state index in [0.29, 0.717) is 17.7 Å². The summed E-state index contributed by atoms with van der Waals surface area (Å²) in [6, 6.07) is 0. The molecule has 1 aliphatic heterocycles. The lowest BCUT2D eigenvalue weighted by Crippen LogP contribution is -2.32. The smallest absolute Gasteiger partial charge is 0.159 e. The van der Waals surface area contributed by atoms with Crippen LogP contribution in [0.3, 0.4) is 0 Å². The molecule has 5 heteroatoms. The third-order valence-electron chi connectivity index (χ3n) is 3.54. The molecule has 1 aromatic rings. The molecular formula is C13H23N3O2. The number of ether oxygens (including phenoxy) is 1. The Hall–Kier alpha value is -0.940. The first kappa shape index (κ1) is 13.5. The standard InChI is InChI=1S/C13H23N3O2/c1-9-8-18-6-5-10(9)12-15-14-11(7-17)16(12)13(2,3)4/h9-10,17H,5-8H2,1-4H3. The summed E-state index contributed by atoms with van der Waals surface area (Å²) in [5.41, 5.74) is -0.116. The summed E-state index contributed by atoms with van der Waals surface area (Å²) in [5.74, 6) is 2.44. The van der Waals surface area contributed by atoms with E-state index in [9.17, 15) is 5.11 Å². The maximum absolute atomic E-state index is 9.41. The maximum Gasteiger partial charge on any atom is 0.159 e. The van der Waals surface area contributed by atoms with Crippen molar-refractivity contribution in [1.29, 1.82) is 0 Å². The van der Waals surface area contributed by atoms with Crippen molar-refractivity contribution in [3.05, 3.63) is 11.6 Å². The van der Waals surface area contributed by atoms with Crippen LogP contribution in [0.2, 0.25) is 0 Å². The Morgan fingerprint density at radius 1 is 1.39 bits per heavy atom. The highest BCUT2D eigenvalue weighted by molar-refractivity contribution is 5.08. The van der Waals surface area contributed by atoms with Crippen LogP contribution in [-0.2, 0) is 16.9 Å². The van der Waals surface area contributed by atoms with E-state index in [-0.39, 0.29) is 12.1 Å². The summed E-state index contributed by atoms with van der Waals surface area (Å²) in [5, 5.41) is 17.9. The van der Waals surface area contributed by atoms with Crippen LogP contribution in [0.25, 0.3) is 0 Å². The van der Waals surface area contributed by atoms with Crippen molar-refractivity contribution >= 4 is 0 Å². The molecule has 2 rings (SSSR count). The Labute approximate surface area is 108 Å². The van der Waals surface area contributed by atoms with Gasteiger partial charge in [-0.05, 0) is 33.1 Å². The maximum atomic E-state index is 9.41. The number of hydrogen-bond donors (Lipinski definition) is 1. The second-order valence-corrected chi connectivity index (χ2v) is 6.09. The molecule has 102 valence electrons. The number of nitrogens with zero attached hydrogens (tertiary/aromatic N) is 3. The van der Waals surface area contributed by atoms with Gasteiger partial charge in [0.05, 0.1) is 0 Å². The Morgan fingerprint density at radius 3 is 2.67 bits per heavy atom. The van der Waals surface area contributed by atoms with E-state index in [4.69, 9.17) is 4.74 Å². The normalized spacial score (nSPS) is 25.4. The first-order valence-corrected chi connectivity index (χ1v) is 6.58. The van der Waals surface area contributed by atoms with Gasteiger partial charge in [0, 0.05) is 24.7 Å². The highest BCUT2D eigenvalue weighted by atomic mass is 16.5. The molecule has 0 spiro atoms. The number of aromatic nitrogens is 3. The number of rotatable bonds is 2. The van der Waals surface area contributed by atoms with Crippen molar-refractivity contribution in [3.8, 4) is 0 Å². The molecule has 0 amide bonds. The van der Waals surface area contributed by atoms with E-state index >= 15 is 0 Å². The summed E-state index contributed by atoms with van der Waals surface area (Å²) >= 11 is 0. The van der Waals surface area contributed by atoms with Crippen molar-refractivity contribution in [1.82, 2.24) is 14.8 Å². The van der Waals surface area contributed by atoms with Crippen LogP contribution in [0, 0.1) is 5.92 Å². The topological polar surface area (TPSA) is 60.2 Å². The van der Waals surface area contributed by atoms with Crippen LogP contribution >= 0.6 is 0 Å². The third-order valence-corrected chi connectivity index (χ3v) is 3.54. The fourth-order valence-electron chi connectivity index (χ4n) is 2.67. The zero-order valence-corrected chi connectivity index (χ0v) is 11.7. The first-order chi connectivity index (χ1) is 8.45. The molecule has 1 aliphatic rings. The summed E-state index contributed by atoms with van der Waals surface area (Å²) in [7, 11) is 0. The third kappa shape index (κ3) is 2.42. The SMILES string of the molecule is CC1COCCC1c1nnc(CO)n1C(C)(C)C. The lowest BCUT2D eigenvalue weighted by molar-refractivity contribution is 0.0432. The fourth-order valence-corrected chi connectivity index (χ4v) is 2.67. The van der Waals surface area contributed by atoms with Crippen molar-refractivity contribution in [2.75, 3.05) is 13.2 Å². The van der Waals surface area contributed by atoms with Crippen LogP contribution in [0.5, 0.6) is 0 Å². The van der Waals surface area contributed by atoms with Gasteiger partial charge >= 0.3 is 0 Å². The van der Waals surface area contributed by atoms with Crippen molar-refractivity contribution < 1.29 is 9.84 Å². The van der Waals surface area contributed by atoms with E-state index in [1.54, 1.807) is 0 Å². The van der Waals surface area contributed by atoms with Gasteiger partial charge in [-0.25, -0.2) is 0 Å². The molecule has 2 heterocycles. The lowest BCUT2D eigenvalue weighted by Gasteiger charge is -2.32. The molecule has 0 aromatic carbocycles. The Kier molecular flexibility index (Phi) is 3.73. The van der Waals surface area contributed by atoms with Crippen LogP contribution < -0.4 is 0 Å². The van der Waals surface area contributed by atoms with Crippen molar-refractivity contribution in [3.63, 3.8) is 0 Å². The quantitative estimate of drug-likeness (QED) is 0.871. The van der Waals surface area contributed by atoms with Gasteiger partial charge in [-0.3, -0.25) is 0 Å². The number of aliphatic hydroxyl groups is 1. The lowest BCUT2D eigenvalue weighted by atomic mass is 9.88. The van der Waals surface area contributed by atoms with Gasteiger partial charge in [-0.2, -0.15) is 0 Å². The monoisotopic (exact) mass is 253 g/mol. The second kappa shape index (κ2) is 4.97. The molecule has 1 N–H and O–H groups in total. The van der Waals surface area contributed by atoms with Gasteiger partial charge in [0.1, 0.15) is 12.4 Å². The van der Waals surface area contributed by atoms with E-state index in [1.807, 2.05) is 0 Å². The predicted molar refractivity (Wildman–Crippen MR) is 68.3 cm³/mol.